The Morgan fingerprint density at radius 3 is 2.70 bits per heavy atom. The Morgan fingerprint density at radius 1 is 1.17 bits per heavy atom. The van der Waals surface area contributed by atoms with Gasteiger partial charge in [-0.1, -0.05) is 6.07 Å². The Balaban J connectivity index is 1.33. The van der Waals surface area contributed by atoms with Crippen LogP contribution in [0.3, 0.4) is 0 Å². The summed E-state index contributed by atoms with van der Waals surface area (Å²) in [5.74, 6) is 1.09. The first-order valence-corrected chi connectivity index (χ1v) is 10.1. The maximum Gasteiger partial charge on any atom is 0.185 e. The Morgan fingerprint density at radius 2 is 2.03 bits per heavy atom. The van der Waals surface area contributed by atoms with E-state index in [0.717, 1.165) is 24.0 Å². The fourth-order valence-corrected chi connectivity index (χ4v) is 4.54. The van der Waals surface area contributed by atoms with Gasteiger partial charge in [-0.25, -0.2) is 9.37 Å². The van der Waals surface area contributed by atoms with Gasteiger partial charge in [0.05, 0.1) is 18.0 Å². The molecular formula is C21H24FN7O. The highest BCUT2D eigenvalue weighted by Crippen LogP contribution is 2.34. The first-order chi connectivity index (χ1) is 14.5. The van der Waals surface area contributed by atoms with Gasteiger partial charge in [-0.2, -0.15) is 5.10 Å². The number of anilines is 1. The molecule has 0 spiro atoms. The van der Waals surface area contributed by atoms with Gasteiger partial charge in [0.15, 0.2) is 11.6 Å². The van der Waals surface area contributed by atoms with Crippen LogP contribution in [0.15, 0.2) is 36.8 Å². The van der Waals surface area contributed by atoms with E-state index in [1.165, 1.54) is 0 Å². The van der Waals surface area contributed by atoms with Gasteiger partial charge in [0, 0.05) is 44.0 Å². The second-order valence-electron chi connectivity index (χ2n) is 8.23. The maximum absolute atomic E-state index is 14.0. The van der Waals surface area contributed by atoms with E-state index >= 15 is 0 Å². The van der Waals surface area contributed by atoms with Crippen LogP contribution in [0, 0.1) is 0 Å². The molecule has 0 radical (unpaired) electrons. The molecule has 2 N–H and O–H groups in total. The maximum atomic E-state index is 14.0. The highest BCUT2D eigenvalue weighted by atomic mass is 19.1. The summed E-state index contributed by atoms with van der Waals surface area (Å²) in [4.78, 5) is 6.46. The third kappa shape index (κ3) is 3.39. The Kier molecular flexibility index (Phi) is 4.62. The summed E-state index contributed by atoms with van der Waals surface area (Å²) in [6.45, 7) is 0. The molecule has 9 heteroatoms. The number of benzene rings is 1. The normalized spacial score (nSPS) is 25.4. The highest BCUT2D eigenvalue weighted by molar-refractivity contribution is 5.72. The summed E-state index contributed by atoms with van der Waals surface area (Å²) in [6.07, 6.45) is 6.74. The van der Waals surface area contributed by atoms with E-state index in [9.17, 15) is 9.50 Å². The molecule has 2 aromatic heterocycles. The molecule has 156 valence electrons. The van der Waals surface area contributed by atoms with E-state index < -0.39 is 6.17 Å². The smallest absolute Gasteiger partial charge is 0.185 e. The van der Waals surface area contributed by atoms with Crippen LogP contribution < -0.4 is 10.2 Å². The molecule has 0 amide bonds. The van der Waals surface area contributed by atoms with Crippen molar-refractivity contribution in [2.24, 2.45) is 7.05 Å². The number of alkyl halides is 1. The number of phenolic OH excluding ortho intramolecular Hbond substituents is 1. The van der Waals surface area contributed by atoms with Gasteiger partial charge in [0.1, 0.15) is 11.9 Å². The van der Waals surface area contributed by atoms with Crippen molar-refractivity contribution in [1.29, 1.82) is 0 Å². The first kappa shape index (κ1) is 18.9. The number of nitrogens with one attached hydrogen (secondary N) is 1. The van der Waals surface area contributed by atoms with Gasteiger partial charge in [0.25, 0.3) is 0 Å². The minimum atomic E-state index is -0.766. The van der Waals surface area contributed by atoms with Gasteiger partial charge in [-0.15, -0.1) is 10.2 Å². The van der Waals surface area contributed by atoms with Crippen LogP contribution in [0.2, 0.25) is 0 Å². The summed E-state index contributed by atoms with van der Waals surface area (Å²) in [6, 6.07) is 5.70. The van der Waals surface area contributed by atoms with Crippen LogP contribution in [0.4, 0.5) is 10.2 Å². The van der Waals surface area contributed by atoms with Crippen molar-refractivity contribution in [3.8, 4) is 28.3 Å². The lowest BCUT2D eigenvalue weighted by Crippen LogP contribution is -2.48. The average molecular weight is 409 g/mol. The predicted molar refractivity (Wildman–Crippen MR) is 111 cm³/mol. The van der Waals surface area contributed by atoms with E-state index in [2.05, 4.69) is 25.6 Å². The summed E-state index contributed by atoms with van der Waals surface area (Å²) in [5.41, 5.74) is 2.30. The second-order valence-corrected chi connectivity index (χ2v) is 8.23. The monoisotopic (exact) mass is 409 g/mol. The van der Waals surface area contributed by atoms with E-state index in [1.807, 2.05) is 31.3 Å². The molecule has 2 fully saturated rings. The van der Waals surface area contributed by atoms with Gasteiger partial charge in [-0.3, -0.25) is 4.68 Å². The highest BCUT2D eigenvalue weighted by Gasteiger charge is 2.42. The molecule has 2 saturated heterocycles. The number of aromatic hydroxyl groups is 1. The van der Waals surface area contributed by atoms with Gasteiger partial charge in [-0.05, 0) is 37.0 Å². The molecule has 4 heterocycles. The molecule has 5 rings (SSSR count). The number of hydrogen-bond acceptors (Lipinski definition) is 7. The lowest BCUT2D eigenvalue weighted by Gasteiger charge is -2.35. The molecule has 30 heavy (non-hydrogen) atoms. The predicted octanol–water partition coefficient (Wildman–Crippen LogP) is 2.31. The molecule has 3 aromatic rings. The largest absolute Gasteiger partial charge is 0.507 e. The number of rotatable bonds is 4. The summed E-state index contributed by atoms with van der Waals surface area (Å²) in [7, 11) is 3.80. The zero-order valence-corrected chi connectivity index (χ0v) is 16.9. The lowest BCUT2D eigenvalue weighted by molar-refractivity contribution is 0.274. The van der Waals surface area contributed by atoms with E-state index in [1.54, 1.807) is 29.2 Å². The summed E-state index contributed by atoms with van der Waals surface area (Å²) in [5, 5.41) is 26.5. The fourth-order valence-electron chi connectivity index (χ4n) is 4.54. The van der Waals surface area contributed by atoms with Crippen LogP contribution in [0.5, 0.6) is 5.75 Å². The van der Waals surface area contributed by atoms with Gasteiger partial charge in [0.2, 0.25) is 0 Å². The van der Waals surface area contributed by atoms with Crippen molar-refractivity contribution in [3.63, 3.8) is 0 Å². The lowest BCUT2D eigenvalue weighted by atomic mass is 9.98. The minimum Gasteiger partial charge on any atom is -0.507 e. The van der Waals surface area contributed by atoms with Gasteiger partial charge < -0.3 is 15.3 Å². The van der Waals surface area contributed by atoms with Crippen LogP contribution in [0.25, 0.3) is 22.5 Å². The molecule has 0 aliphatic carbocycles. The second kappa shape index (κ2) is 7.32. The number of halogens is 1. The number of aromatic nitrogens is 5. The SMILES string of the molecule is CN(c1cnc(-c2ccc(-c3cnn(C)c3)cc2O)nn1)[C@H]1C[C@@H]2C[C@@H](F)[C@@H](C1)N2. The quantitative estimate of drug-likeness (QED) is 0.683. The van der Waals surface area contributed by atoms with Crippen molar-refractivity contribution >= 4 is 5.82 Å². The van der Waals surface area contributed by atoms with Crippen LogP contribution in [0.1, 0.15) is 19.3 Å². The molecule has 1 aromatic carbocycles. The summed E-state index contributed by atoms with van der Waals surface area (Å²) < 4.78 is 15.7. The topological polar surface area (TPSA) is 92.0 Å². The fraction of sp³-hybridized carbons (Fsp3) is 0.429. The van der Waals surface area contributed by atoms with E-state index in [4.69, 9.17) is 0 Å². The third-order valence-electron chi connectivity index (χ3n) is 6.21. The zero-order chi connectivity index (χ0) is 20.8. The Hall–Kier alpha value is -3.07. The number of phenols is 1. The van der Waals surface area contributed by atoms with E-state index in [0.29, 0.717) is 23.6 Å². The van der Waals surface area contributed by atoms with Crippen molar-refractivity contribution in [2.45, 2.75) is 43.6 Å². The third-order valence-corrected chi connectivity index (χ3v) is 6.21. The van der Waals surface area contributed by atoms with Crippen molar-refractivity contribution in [2.75, 3.05) is 11.9 Å². The van der Waals surface area contributed by atoms with Crippen LogP contribution in [-0.2, 0) is 7.05 Å². The zero-order valence-electron chi connectivity index (χ0n) is 16.9. The average Bonchev–Trinajstić information content (AvgIpc) is 3.29. The molecule has 2 aliphatic heterocycles. The Labute approximate surface area is 173 Å². The summed E-state index contributed by atoms with van der Waals surface area (Å²) >= 11 is 0. The molecule has 4 atom stereocenters. The minimum absolute atomic E-state index is 0.0772. The van der Waals surface area contributed by atoms with Crippen molar-refractivity contribution < 1.29 is 9.50 Å². The number of fused-ring (bicyclic) bond motifs is 2. The number of hydrogen-bond donors (Lipinski definition) is 2. The Bertz CT molecular complexity index is 1050. The molecule has 0 unspecified atom stereocenters. The van der Waals surface area contributed by atoms with Crippen molar-refractivity contribution in [3.05, 3.63) is 36.8 Å². The number of nitrogens with zero attached hydrogens (tertiary/aromatic N) is 6. The van der Waals surface area contributed by atoms with Gasteiger partial charge >= 0.3 is 0 Å². The number of aryl methyl sites for hydroxylation is 1. The molecular weight excluding hydrogens is 385 g/mol. The van der Waals surface area contributed by atoms with Crippen LogP contribution in [-0.4, -0.2) is 61.4 Å². The molecule has 2 aliphatic rings. The number of piperidine rings is 1. The van der Waals surface area contributed by atoms with Crippen molar-refractivity contribution in [1.82, 2.24) is 30.3 Å². The van der Waals surface area contributed by atoms with E-state index in [-0.39, 0.29) is 23.9 Å². The first-order valence-electron chi connectivity index (χ1n) is 10.1. The molecule has 8 nitrogen and oxygen atoms in total. The molecule has 0 saturated carbocycles. The van der Waals surface area contributed by atoms with Crippen LogP contribution >= 0.6 is 0 Å². The molecule has 2 bridgehead atoms. The standard InChI is InChI=1S/C21H24FN7O/c1-28-11-13(9-24-28)12-3-4-16(19(30)5-12)21-23-10-20(26-27-21)29(2)15-6-14-7-17(22)18(8-15)25-14/h3-5,9-11,14-15,17-18,25,30H,6-8H2,1-2H3/t14-,15+,17-,18-/m1/s1.